The summed E-state index contributed by atoms with van der Waals surface area (Å²) in [5.41, 5.74) is 1.83. The summed E-state index contributed by atoms with van der Waals surface area (Å²) in [7, 11) is 2.17. The number of fused-ring (bicyclic) bond motifs is 3. The van der Waals surface area contributed by atoms with Crippen molar-refractivity contribution in [2.45, 2.75) is 63.6 Å². The van der Waals surface area contributed by atoms with Crippen molar-refractivity contribution in [2.24, 2.45) is 5.92 Å². The minimum atomic E-state index is -0.273. The molecule has 3 fully saturated rings. The average Bonchev–Trinajstić information content (AvgIpc) is 3.70. The second-order valence-electron chi connectivity index (χ2n) is 10.9. The van der Waals surface area contributed by atoms with Gasteiger partial charge in [0, 0.05) is 55.5 Å². The fraction of sp³-hybridized carbons (Fsp3) is 0.593. The summed E-state index contributed by atoms with van der Waals surface area (Å²) in [6.45, 7) is 6.04. The lowest BCUT2D eigenvalue weighted by Gasteiger charge is -2.39. The Morgan fingerprint density at radius 1 is 1.06 bits per heavy atom. The van der Waals surface area contributed by atoms with E-state index in [2.05, 4.69) is 52.3 Å². The molecule has 1 atom stereocenters. The number of piperazine rings is 1. The molecule has 0 amide bonds. The molecule has 2 N–H and O–H groups in total. The van der Waals surface area contributed by atoms with Crippen LogP contribution >= 0.6 is 0 Å². The highest BCUT2D eigenvalue weighted by Gasteiger charge is 2.27. The van der Waals surface area contributed by atoms with E-state index in [4.69, 9.17) is 4.98 Å². The number of nitrogens with zero attached hydrogens (tertiary/aromatic N) is 5. The highest BCUT2D eigenvalue weighted by atomic mass is 16.3. The topological polar surface area (TPSA) is 86.5 Å². The lowest BCUT2D eigenvalue weighted by Crippen LogP contribution is -2.50. The molecule has 1 saturated heterocycles. The van der Waals surface area contributed by atoms with Crippen LogP contribution in [0, 0.1) is 5.92 Å². The molecule has 3 aliphatic rings. The minimum Gasteiger partial charge on any atom is -0.393 e. The van der Waals surface area contributed by atoms with E-state index in [1.807, 2.05) is 10.8 Å². The first kappa shape index (κ1) is 22.7. The summed E-state index contributed by atoms with van der Waals surface area (Å²) >= 11 is 0. The molecule has 3 heterocycles. The van der Waals surface area contributed by atoms with Crippen molar-refractivity contribution in [2.75, 3.05) is 43.4 Å². The first-order valence-corrected chi connectivity index (χ1v) is 13.2. The van der Waals surface area contributed by atoms with Gasteiger partial charge in [-0.1, -0.05) is 6.07 Å². The fourth-order valence-corrected chi connectivity index (χ4v) is 5.69. The lowest BCUT2D eigenvalue weighted by molar-refractivity contribution is 0.111. The summed E-state index contributed by atoms with van der Waals surface area (Å²) in [6, 6.07) is 6.79. The Kier molecular flexibility index (Phi) is 5.89. The molecule has 0 unspecified atom stereocenters. The van der Waals surface area contributed by atoms with Crippen LogP contribution in [-0.4, -0.2) is 69.9 Å². The number of aliphatic hydroxyl groups is 1. The number of hydrogen-bond donors (Lipinski definition) is 2. The molecule has 8 nitrogen and oxygen atoms in total. The third kappa shape index (κ3) is 4.38. The SMILES string of the molecule is C[C@@H]1CN(c2ccc3c(c2)c(=O)n(C2CCC(O)CC2)c2nc(NCC4CC4)ncc32)CCN1C. The number of hydrogen-bond acceptors (Lipinski definition) is 7. The first-order valence-electron chi connectivity index (χ1n) is 13.2. The maximum absolute atomic E-state index is 14.1. The monoisotopic (exact) mass is 476 g/mol. The van der Waals surface area contributed by atoms with Gasteiger partial charge in [0.15, 0.2) is 0 Å². The lowest BCUT2D eigenvalue weighted by atomic mass is 9.92. The van der Waals surface area contributed by atoms with Crippen LogP contribution in [0.15, 0.2) is 29.2 Å². The van der Waals surface area contributed by atoms with Crippen LogP contribution in [0.3, 0.4) is 0 Å². The van der Waals surface area contributed by atoms with Crippen LogP contribution in [-0.2, 0) is 0 Å². The Morgan fingerprint density at radius 3 is 2.60 bits per heavy atom. The molecule has 1 aliphatic heterocycles. The van der Waals surface area contributed by atoms with Crippen molar-refractivity contribution >= 4 is 33.4 Å². The quantitative estimate of drug-likeness (QED) is 0.546. The molecule has 186 valence electrons. The number of rotatable bonds is 5. The second kappa shape index (κ2) is 9.06. The second-order valence-corrected chi connectivity index (χ2v) is 10.9. The Hall–Kier alpha value is -2.71. The van der Waals surface area contributed by atoms with Gasteiger partial charge in [0.2, 0.25) is 5.95 Å². The highest BCUT2D eigenvalue weighted by Crippen LogP contribution is 2.33. The molecule has 2 saturated carbocycles. The molecule has 8 heteroatoms. The normalized spacial score (nSPS) is 25.9. The number of anilines is 2. The largest absolute Gasteiger partial charge is 0.393 e. The Morgan fingerprint density at radius 2 is 1.86 bits per heavy atom. The van der Waals surface area contributed by atoms with E-state index < -0.39 is 0 Å². The van der Waals surface area contributed by atoms with Crippen LogP contribution in [0.2, 0.25) is 0 Å². The maximum atomic E-state index is 14.1. The molecule has 35 heavy (non-hydrogen) atoms. The zero-order valence-electron chi connectivity index (χ0n) is 20.8. The van der Waals surface area contributed by atoms with E-state index in [1.54, 1.807) is 0 Å². The van der Waals surface area contributed by atoms with E-state index >= 15 is 0 Å². The molecular formula is C27H36N6O2. The third-order valence-electron chi connectivity index (χ3n) is 8.34. The van der Waals surface area contributed by atoms with Crippen molar-refractivity contribution < 1.29 is 5.11 Å². The van der Waals surface area contributed by atoms with Gasteiger partial charge < -0.3 is 20.2 Å². The van der Waals surface area contributed by atoms with Crippen molar-refractivity contribution in [3.05, 3.63) is 34.7 Å². The van der Waals surface area contributed by atoms with E-state index in [-0.39, 0.29) is 17.7 Å². The van der Waals surface area contributed by atoms with Crippen molar-refractivity contribution in [3.63, 3.8) is 0 Å². The number of nitrogens with one attached hydrogen (secondary N) is 1. The number of aliphatic hydroxyl groups excluding tert-OH is 1. The third-order valence-corrected chi connectivity index (χ3v) is 8.34. The minimum absolute atomic E-state index is 0.0183. The number of likely N-dealkylation sites (N-methyl/N-ethyl adjacent to an activating group) is 1. The van der Waals surface area contributed by atoms with Crippen LogP contribution in [0.1, 0.15) is 51.5 Å². The predicted molar refractivity (Wildman–Crippen MR) is 140 cm³/mol. The fourth-order valence-electron chi connectivity index (χ4n) is 5.69. The van der Waals surface area contributed by atoms with Crippen molar-refractivity contribution in [1.82, 2.24) is 19.4 Å². The molecule has 2 aromatic heterocycles. The summed E-state index contributed by atoms with van der Waals surface area (Å²) in [4.78, 5) is 28.3. The van der Waals surface area contributed by atoms with Gasteiger partial charge in [-0.3, -0.25) is 9.36 Å². The maximum Gasteiger partial charge on any atom is 0.260 e. The van der Waals surface area contributed by atoms with E-state index in [9.17, 15) is 9.90 Å². The van der Waals surface area contributed by atoms with Gasteiger partial charge >= 0.3 is 0 Å². The van der Waals surface area contributed by atoms with Gasteiger partial charge in [0.1, 0.15) is 5.65 Å². The summed E-state index contributed by atoms with van der Waals surface area (Å²) in [6.07, 6.45) is 7.12. The van der Waals surface area contributed by atoms with Crippen LogP contribution < -0.4 is 15.8 Å². The molecule has 2 aliphatic carbocycles. The highest BCUT2D eigenvalue weighted by molar-refractivity contribution is 6.05. The van der Waals surface area contributed by atoms with Gasteiger partial charge in [-0.2, -0.15) is 4.98 Å². The van der Waals surface area contributed by atoms with Crippen molar-refractivity contribution in [3.8, 4) is 0 Å². The average molecular weight is 477 g/mol. The predicted octanol–water partition coefficient (Wildman–Crippen LogP) is 3.38. The van der Waals surface area contributed by atoms with Gasteiger partial charge in [-0.15, -0.1) is 0 Å². The van der Waals surface area contributed by atoms with E-state index in [0.717, 1.165) is 60.9 Å². The number of aromatic nitrogens is 3. The van der Waals surface area contributed by atoms with E-state index in [0.29, 0.717) is 36.4 Å². The Labute approximate surface area is 206 Å². The van der Waals surface area contributed by atoms with Crippen LogP contribution in [0.4, 0.5) is 11.6 Å². The summed E-state index contributed by atoms with van der Waals surface area (Å²) in [5, 5.41) is 16.0. The summed E-state index contributed by atoms with van der Waals surface area (Å²) in [5.74, 6) is 1.31. The van der Waals surface area contributed by atoms with Gasteiger partial charge in [-0.25, -0.2) is 4.98 Å². The number of pyridine rings is 1. The molecule has 0 spiro atoms. The van der Waals surface area contributed by atoms with Crippen molar-refractivity contribution in [1.29, 1.82) is 0 Å². The zero-order valence-corrected chi connectivity index (χ0v) is 20.8. The molecule has 0 bridgehead atoms. The van der Waals surface area contributed by atoms with Crippen LogP contribution in [0.5, 0.6) is 0 Å². The summed E-state index contributed by atoms with van der Waals surface area (Å²) < 4.78 is 1.91. The molecule has 3 aromatic rings. The first-order chi connectivity index (χ1) is 17.0. The van der Waals surface area contributed by atoms with E-state index in [1.165, 1.54) is 12.8 Å². The van der Waals surface area contributed by atoms with Gasteiger partial charge in [0.05, 0.1) is 11.5 Å². The molecule has 1 aromatic carbocycles. The standard InChI is InChI=1S/C27H36N6O2/c1-17-16-32(12-11-31(17)2)20-7-10-22-23(13-20)26(35)33(19-5-8-21(34)9-6-19)25-24(22)15-29-27(30-25)28-14-18-3-4-18/h7,10,13,15,17-19,21,34H,3-6,8-9,11-12,14,16H2,1-2H3,(H,28,29,30)/t17-,19?,21?/m1/s1. The zero-order chi connectivity index (χ0) is 24.1. The smallest absolute Gasteiger partial charge is 0.260 e. The number of benzene rings is 1. The molecular weight excluding hydrogens is 440 g/mol. The molecule has 0 radical (unpaired) electrons. The Balaban J connectivity index is 1.47. The Bertz CT molecular complexity index is 1290. The van der Waals surface area contributed by atoms with Gasteiger partial charge in [0.25, 0.3) is 5.56 Å². The molecule has 6 rings (SSSR count). The van der Waals surface area contributed by atoms with Gasteiger partial charge in [-0.05, 0) is 75.9 Å². The van der Waals surface area contributed by atoms with Crippen LogP contribution in [0.25, 0.3) is 21.8 Å².